The zero-order chi connectivity index (χ0) is 33.4. The van der Waals surface area contributed by atoms with E-state index in [4.69, 9.17) is 4.74 Å². The van der Waals surface area contributed by atoms with Gasteiger partial charge in [-0.2, -0.15) is 0 Å². The van der Waals surface area contributed by atoms with Crippen molar-refractivity contribution in [1.82, 2.24) is 0 Å². The quantitative estimate of drug-likeness (QED) is 0.114. The summed E-state index contributed by atoms with van der Waals surface area (Å²) in [6.45, 7) is 23.0. The van der Waals surface area contributed by atoms with E-state index < -0.39 is 0 Å². The minimum atomic E-state index is 0.0323. The molecule has 0 saturated heterocycles. The second kappa shape index (κ2) is 13.8. The molecule has 0 spiro atoms. The van der Waals surface area contributed by atoms with Gasteiger partial charge in [0, 0.05) is 11.8 Å². The van der Waals surface area contributed by atoms with E-state index in [1.165, 1.54) is 122 Å². The molecule has 0 aromatic heterocycles. The highest BCUT2D eigenvalue weighted by atomic mass is 16.5. The predicted molar refractivity (Wildman–Crippen MR) is 196 cm³/mol. The van der Waals surface area contributed by atoms with Crippen LogP contribution in [0.1, 0.15) is 204 Å². The largest absolute Gasteiger partial charge is 0.462 e. The van der Waals surface area contributed by atoms with Crippen molar-refractivity contribution in [3.63, 3.8) is 0 Å². The fourth-order valence-electron chi connectivity index (χ4n) is 12.9. The first kappa shape index (κ1) is 36.5. The molecule has 8 unspecified atom stereocenters. The van der Waals surface area contributed by atoms with Gasteiger partial charge in [-0.25, -0.2) is 0 Å². The van der Waals surface area contributed by atoms with E-state index in [0.717, 1.165) is 24.7 Å². The van der Waals surface area contributed by atoms with E-state index in [9.17, 15) is 4.79 Å². The predicted octanol–water partition coefficient (Wildman–Crippen LogP) is 13.4. The highest BCUT2D eigenvalue weighted by Crippen LogP contribution is 2.75. The molecule has 0 radical (unpaired) electrons. The minimum absolute atomic E-state index is 0.0323. The van der Waals surface area contributed by atoms with Gasteiger partial charge in [-0.1, -0.05) is 138 Å². The number of carbonyl (C=O) groups excluding carboxylic acids is 1. The molecule has 0 bridgehead atoms. The summed E-state index contributed by atoms with van der Waals surface area (Å²) in [5.74, 6) is 2.18. The first-order valence-electron chi connectivity index (χ1n) is 20.5. The second-order valence-corrected chi connectivity index (χ2v) is 20.0. The summed E-state index contributed by atoms with van der Waals surface area (Å²) in [4.78, 5) is 13.1. The number of allylic oxidation sites excluding steroid dienone is 2. The van der Waals surface area contributed by atoms with E-state index in [1.807, 2.05) is 5.57 Å². The van der Waals surface area contributed by atoms with Crippen LogP contribution in [-0.2, 0) is 9.53 Å². The average molecular weight is 637 g/mol. The van der Waals surface area contributed by atoms with E-state index >= 15 is 0 Å². The number of ether oxygens (including phenoxy) is 1. The molecule has 264 valence electrons. The topological polar surface area (TPSA) is 26.3 Å². The monoisotopic (exact) mass is 637 g/mol. The molecular formula is C44H76O2. The standard InChI is InChI=1S/C44H76O2/c1-10-11-12-13-14-15-16-17-18-19-20-21-38(45)46-37-25-26-42(7)35(40(37,4)5)24-27-44(9)36(42)23-22-33-34-32-39(2,3)28-29-41(34,6)30-31-43(33,44)8/h22,34-37H,10-21,23-32H2,1-9H3. The van der Waals surface area contributed by atoms with Gasteiger partial charge in [0.05, 0.1) is 0 Å². The van der Waals surface area contributed by atoms with Crippen LogP contribution in [0.15, 0.2) is 11.6 Å². The highest BCUT2D eigenvalue weighted by molar-refractivity contribution is 5.69. The summed E-state index contributed by atoms with van der Waals surface area (Å²) < 4.78 is 6.40. The summed E-state index contributed by atoms with van der Waals surface area (Å²) in [5, 5.41) is 0. The average Bonchev–Trinajstić information content (AvgIpc) is 2.98. The van der Waals surface area contributed by atoms with Gasteiger partial charge in [0.25, 0.3) is 0 Å². The number of carbonyl (C=O) groups is 1. The van der Waals surface area contributed by atoms with E-state index in [2.05, 4.69) is 68.4 Å². The first-order valence-corrected chi connectivity index (χ1v) is 20.5. The fourth-order valence-corrected chi connectivity index (χ4v) is 12.9. The summed E-state index contributed by atoms with van der Waals surface area (Å²) in [7, 11) is 0. The normalized spacial score (nSPS) is 40.9. The Hall–Kier alpha value is -0.790. The summed E-state index contributed by atoms with van der Waals surface area (Å²) >= 11 is 0. The molecule has 0 aliphatic heterocycles. The molecule has 0 heterocycles. The molecule has 4 fully saturated rings. The van der Waals surface area contributed by atoms with Crippen LogP contribution in [0, 0.1) is 50.2 Å². The SMILES string of the molecule is CCCCCCCCCCCCCC(=O)OC1CCC2(C)C(CCC3(C)C2CC=C2C4CC(C)(C)CCC4(C)CCC23C)C1(C)C. The Balaban J connectivity index is 1.17. The van der Waals surface area contributed by atoms with Gasteiger partial charge >= 0.3 is 5.97 Å². The van der Waals surface area contributed by atoms with Gasteiger partial charge in [-0.3, -0.25) is 4.79 Å². The Bertz CT molecular complexity index is 1080. The van der Waals surface area contributed by atoms with Crippen molar-refractivity contribution in [3.8, 4) is 0 Å². The van der Waals surface area contributed by atoms with Crippen LogP contribution < -0.4 is 0 Å². The number of hydrogen-bond acceptors (Lipinski definition) is 2. The molecule has 0 aromatic rings. The molecule has 0 aromatic carbocycles. The van der Waals surface area contributed by atoms with E-state index in [0.29, 0.717) is 39.4 Å². The highest BCUT2D eigenvalue weighted by Gasteiger charge is 2.68. The van der Waals surface area contributed by atoms with Crippen molar-refractivity contribution in [2.45, 2.75) is 210 Å². The molecule has 0 amide bonds. The molecule has 0 N–H and O–H groups in total. The number of hydrogen-bond donors (Lipinski definition) is 0. The van der Waals surface area contributed by atoms with Gasteiger partial charge in [0.15, 0.2) is 0 Å². The van der Waals surface area contributed by atoms with Crippen molar-refractivity contribution in [3.05, 3.63) is 11.6 Å². The number of esters is 1. The number of rotatable bonds is 13. The third kappa shape index (κ3) is 6.70. The molecule has 8 atom stereocenters. The Morgan fingerprint density at radius 1 is 0.717 bits per heavy atom. The van der Waals surface area contributed by atoms with Crippen LogP contribution in [-0.4, -0.2) is 12.1 Å². The maximum Gasteiger partial charge on any atom is 0.306 e. The van der Waals surface area contributed by atoms with Gasteiger partial charge in [-0.15, -0.1) is 0 Å². The van der Waals surface area contributed by atoms with Crippen molar-refractivity contribution in [2.75, 3.05) is 0 Å². The molecule has 2 heteroatoms. The van der Waals surface area contributed by atoms with Crippen molar-refractivity contribution in [1.29, 1.82) is 0 Å². The van der Waals surface area contributed by atoms with Crippen LogP contribution in [0.3, 0.4) is 0 Å². The van der Waals surface area contributed by atoms with Crippen LogP contribution >= 0.6 is 0 Å². The molecular weight excluding hydrogens is 560 g/mol. The van der Waals surface area contributed by atoms with Crippen molar-refractivity contribution < 1.29 is 9.53 Å². The lowest BCUT2D eigenvalue weighted by Crippen LogP contribution is -2.64. The maximum absolute atomic E-state index is 13.1. The third-order valence-corrected chi connectivity index (χ3v) is 16.3. The Labute approximate surface area is 286 Å². The van der Waals surface area contributed by atoms with Crippen LogP contribution in [0.25, 0.3) is 0 Å². The lowest BCUT2D eigenvalue weighted by atomic mass is 9.33. The van der Waals surface area contributed by atoms with Crippen LogP contribution in [0.4, 0.5) is 0 Å². The second-order valence-electron chi connectivity index (χ2n) is 20.0. The smallest absolute Gasteiger partial charge is 0.306 e. The fraction of sp³-hybridized carbons (Fsp3) is 0.932. The Morgan fingerprint density at radius 2 is 1.33 bits per heavy atom. The third-order valence-electron chi connectivity index (χ3n) is 16.3. The number of unbranched alkanes of at least 4 members (excludes halogenated alkanes) is 10. The zero-order valence-electron chi connectivity index (χ0n) is 32.3. The molecule has 5 aliphatic carbocycles. The molecule has 5 rings (SSSR count). The van der Waals surface area contributed by atoms with Gasteiger partial charge in [0.2, 0.25) is 0 Å². The van der Waals surface area contributed by atoms with Gasteiger partial charge in [-0.05, 0) is 115 Å². The molecule has 2 nitrogen and oxygen atoms in total. The number of fused-ring (bicyclic) bond motifs is 7. The summed E-state index contributed by atoms with van der Waals surface area (Å²) in [5.41, 5.74) is 3.88. The van der Waals surface area contributed by atoms with E-state index in [-0.39, 0.29) is 17.5 Å². The van der Waals surface area contributed by atoms with Crippen molar-refractivity contribution in [2.24, 2.45) is 50.2 Å². The summed E-state index contributed by atoms with van der Waals surface area (Å²) in [6.07, 6.45) is 31.1. The summed E-state index contributed by atoms with van der Waals surface area (Å²) in [6, 6.07) is 0. The van der Waals surface area contributed by atoms with Gasteiger partial charge in [0.1, 0.15) is 6.10 Å². The Kier molecular flexibility index (Phi) is 11.0. The zero-order valence-corrected chi connectivity index (χ0v) is 32.3. The lowest BCUT2D eigenvalue weighted by molar-refractivity contribution is -0.212. The Morgan fingerprint density at radius 3 is 1.98 bits per heavy atom. The minimum Gasteiger partial charge on any atom is -0.462 e. The first-order chi connectivity index (χ1) is 21.6. The lowest BCUT2D eigenvalue weighted by Gasteiger charge is -2.71. The van der Waals surface area contributed by atoms with Gasteiger partial charge < -0.3 is 4.74 Å². The van der Waals surface area contributed by atoms with E-state index in [1.54, 1.807) is 0 Å². The van der Waals surface area contributed by atoms with Crippen LogP contribution in [0.5, 0.6) is 0 Å². The molecule has 46 heavy (non-hydrogen) atoms. The molecule has 4 saturated carbocycles. The van der Waals surface area contributed by atoms with Crippen molar-refractivity contribution >= 4 is 5.97 Å². The van der Waals surface area contributed by atoms with Crippen LogP contribution in [0.2, 0.25) is 0 Å². The maximum atomic E-state index is 13.1. The molecule has 5 aliphatic rings.